The summed E-state index contributed by atoms with van der Waals surface area (Å²) in [6, 6.07) is 7.65. The Morgan fingerprint density at radius 2 is 1.76 bits per heavy atom. The summed E-state index contributed by atoms with van der Waals surface area (Å²) in [5, 5.41) is 0. The number of carbonyl (C=O) groups excluding carboxylic acids is 1. The zero-order valence-electron chi connectivity index (χ0n) is 13.0. The van der Waals surface area contributed by atoms with Gasteiger partial charge in [-0.1, -0.05) is 12.1 Å². The van der Waals surface area contributed by atoms with Crippen molar-refractivity contribution in [3.05, 3.63) is 29.8 Å². The van der Waals surface area contributed by atoms with E-state index in [-0.39, 0.29) is 5.91 Å². The minimum atomic E-state index is 0.153. The maximum absolute atomic E-state index is 12.3. The Bertz CT molecular complexity index is 406. The van der Waals surface area contributed by atoms with Crippen LogP contribution in [0.1, 0.15) is 18.4 Å². The molecule has 118 valence electrons. The van der Waals surface area contributed by atoms with Gasteiger partial charge >= 0.3 is 0 Å². The molecule has 0 unspecified atom stereocenters. The van der Waals surface area contributed by atoms with E-state index < -0.39 is 0 Å². The summed E-state index contributed by atoms with van der Waals surface area (Å²) in [7, 11) is 3.31. The molecule has 0 aliphatic rings. The Balaban J connectivity index is 2.44. The van der Waals surface area contributed by atoms with Gasteiger partial charge in [0.1, 0.15) is 0 Å². The molecule has 1 aromatic carbocycles. The van der Waals surface area contributed by atoms with Gasteiger partial charge in [0.05, 0.1) is 6.61 Å². The van der Waals surface area contributed by atoms with Crippen LogP contribution in [0.25, 0.3) is 0 Å². The third kappa shape index (κ3) is 7.11. The highest BCUT2D eigenvalue weighted by Crippen LogP contribution is 2.09. The largest absolute Gasteiger partial charge is 0.399 e. The highest BCUT2D eigenvalue weighted by molar-refractivity contribution is 5.76. The summed E-state index contributed by atoms with van der Waals surface area (Å²) < 4.78 is 10.1. The van der Waals surface area contributed by atoms with E-state index in [4.69, 9.17) is 15.2 Å². The number of carbonyl (C=O) groups is 1. The molecule has 0 saturated heterocycles. The highest BCUT2D eigenvalue weighted by atomic mass is 16.5. The number of nitrogen functional groups attached to an aromatic ring is 1. The average Bonchev–Trinajstić information content (AvgIpc) is 2.50. The van der Waals surface area contributed by atoms with Gasteiger partial charge in [0.25, 0.3) is 0 Å². The van der Waals surface area contributed by atoms with Gasteiger partial charge in [-0.2, -0.15) is 0 Å². The van der Waals surface area contributed by atoms with Gasteiger partial charge in [0, 0.05) is 46.0 Å². The van der Waals surface area contributed by atoms with Crippen molar-refractivity contribution in [3.8, 4) is 0 Å². The van der Waals surface area contributed by atoms with Crippen molar-refractivity contribution in [2.24, 2.45) is 0 Å². The maximum atomic E-state index is 12.3. The van der Waals surface area contributed by atoms with Gasteiger partial charge in [-0.3, -0.25) is 4.79 Å². The molecule has 0 aliphatic carbocycles. The van der Waals surface area contributed by atoms with Crippen molar-refractivity contribution >= 4 is 11.6 Å². The number of aryl methyl sites for hydroxylation is 1. The molecule has 2 N–H and O–H groups in total. The number of rotatable bonds is 10. The fraction of sp³-hybridized carbons (Fsp3) is 0.562. The van der Waals surface area contributed by atoms with Crippen molar-refractivity contribution in [1.82, 2.24) is 4.90 Å². The Morgan fingerprint density at radius 3 is 2.38 bits per heavy atom. The minimum Gasteiger partial charge on any atom is -0.399 e. The van der Waals surface area contributed by atoms with Crippen LogP contribution in [0.15, 0.2) is 24.3 Å². The molecule has 0 aliphatic heterocycles. The Kier molecular flexibility index (Phi) is 8.47. The molecule has 0 bridgehead atoms. The standard InChI is InChI=1S/C16H26N2O3/c1-20-12-3-10-18(11-13-21-2)16(19)9-6-14-4-7-15(17)8-5-14/h4-5,7-8H,3,6,9-13,17H2,1-2H3. The van der Waals surface area contributed by atoms with E-state index in [1.54, 1.807) is 14.2 Å². The predicted molar refractivity (Wildman–Crippen MR) is 84.1 cm³/mol. The summed E-state index contributed by atoms with van der Waals surface area (Å²) >= 11 is 0. The van der Waals surface area contributed by atoms with Crippen LogP contribution in [0.2, 0.25) is 0 Å². The van der Waals surface area contributed by atoms with E-state index in [0.29, 0.717) is 32.7 Å². The van der Waals surface area contributed by atoms with Crippen LogP contribution in [0.3, 0.4) is 0 Å². The second kappa shape index (κ2) is 10.2. The van der Waals surface area contributed by atoms with Crippen molar-refractivity contribution < 1.29 is 14.3 Å². The predicted octanol–water partition coefficient (Wildman–Crippen LogP) is 1.71. The second-order valence-electron chi connectivity index (χ2n) is 4.96. The van der Waals surface area contributed by atoms with Crippen LogP contribution in [-0.4, -0.2) is 51.3 Å². The Morgan fingerprint density at radius 1 is 1.10 bits per heavy atom. The highest BCUT2D eigenvalue weighted by Gasteiger charge is 2.12. The molecular formula is C16H26N2O3. The smallest absolute Gasteiger partial charge is 0.222 e. The van der Waals surface area contributed by atoms with Crippen LogP contribution in [0.4, 0.5) is 5.69 Å². The van der Waals surface area contributed by atoms with Gasteiger partial charge < -0.3 is 20.1 Å². The van der Waals surface area contributed by atoms with E-state index in [1.807, 2.05) is 29.2 Å². The van der Waals surface area contributed by atoms with E-state index in [9.17, 15) is 4.79 Å². The average molecular weight is 294 g/mol. The minimum absolute atomic E-state index is 0.153. The van der Waals surface area contributed by atoms with Crippen LogP contribution < -0.4 is 5.73 Å². The molecule has 5 nitrogen and oxygen atoms in total. The fourth-order valence-corrected chi connectivity index (χ4v) is 2.06. The number of hydrogen-bond donors (Lipinski definition) is 1. The molecule has 0 aromatic heterocycles. The van der Waals surface area contributed by atoms with Crippen LogP contribution in [0, 0.1) is 0 Å². The number of hydrogen-bond acceptors (Lipinski definition) is 4. The third-order valence-electron chi connectivity index (χ3n) is 3.30. The van der Waals surface area contributed by atoms with E-state index in [1.165, 1.54) is 0 Å². The number of amides is 1. The molecule has 0 heterocycles. The van der Waals surface area contributed by atoms with Crippen LogP contribution in [-0.2, 0) is 20.7 Å². The number of anilines is 1. The van der Waals surface area contributed by atoms with Crippen LogP contribution >= 0.6 is 0 Å². The zero-order chi connectivity index (χ0) is 15.5. The summed E-state index contributed by atoms with van der Waals surface area (Å²) in [5.41, 5.74) is 7.52. The number of benzene rings is 1. The first-order chi connectivity index (χ1) is 10.2. The molecule has 1 amide bonds. The zero-order valence-corrected chi connectivity index (χ0v) is 13.0. The first-order valence-electron chi connectivity index (χ1n) is 7.27. The first kappa shape index (κ1) is 17.5. The lowest BCUT2D eigenvalue weighted by molar-refractivity contribution is -0.132. The van der Waals surface area contributed by atoms with E-state index in [2.05, 4.69) is 0 Å². The lowest BCUT2D eigenvalue weighted by Gasteiger charge is -2.22. The van der Waals surface area contributed by atoms with Gasteiger partial charge in [-0.15, -0.1) is 0 Å². The fourth-order valence-electron chi connectivity index (χ4n) is 2.06. The van der Waals surface area contributed by atoms with Gasteiger partial charge in [0.2, 0.25) is 5.91 Å². The molecule has 1 aromatic rings. The lowest BCUT2D eigenvalue weighted by atomic mass is 10.1. The summed E-state index contributed by atoms with van der Waals surface area (Å²) in [5.74, 6) is 0.153. The maximum Gasteiger partial charge on any atom is 0.222 e. The summed E-state index contributed by atoms with van der Waals surface area (Å²) in [4.78, 5) is 14.1. The van der Waals surface area contributed by atoms with E-state index in [0.717, 1.165) is 24.1 Å². The lowest BCUT2D eigenvalue weighted by Crippen LogP contribution is -2.35. The second-order valence-corrected chi connectivity index (χ2v) is 4.96. The quantitative estimate of drug-likeness (QED) is 0.527. The van der Waals surface area contributed by atoms with Crippen molar-refractivity contribution in [2.75, 3.05) is 46.3 Å². The molecule has 0 fully saturated rings. The topological polar surface area (TPSA) is 64.8 Å². The number of nitrogens with two attached hydrogens (primary N) is 1. The normalized spacial score (nSPS) is 10.6. The molecule has 1 rings (SSSR count). The summed E-state index contributed by atoms with van der Waals surface area (Å²) in [6.07, 6.45) is 2.07. The third-order valence-corrected chi connectivity index (χ3v) is 3.30. The molecule has 0 radical (unpaired) electrons. The monoisotopic (exact) mass is 294 g/mol. The van der Waals surface area contributed by atoms with Gasteiger partial charge in [-0.05, 0) is 30.5 Å². The molecule has 0 atom stereocenters. The number of methoxy groups -OCH3 is 2. The first-order valence-corrected chi connectivity index (χ1v) is 7.27. The molecule has 0 spiro atoms. The van der Waals surface area contributed by atoms with Gasteiger partial charge in [-0.25, -0.2) is 0 Å². The Labute approximate surface area is 127 Å². The van der Waals surface area contributed by atoms with E-state index >= 15 is 0 Å². The SMILES string of the molecule is COCCCN(CCOC)C(=O)CCc1ccc(N)cc1. The molecule has 21 heavy (non-hydrogen) atoms. The Hall–Kier alpha value is -1.59. The molecular weight excluding hydrogens is 268 g/mol. The molecule has 0 saturated carbocycles. The number of ether oxygens (including phenoxy) is 2. The van der Waals surface area contributed by atoms with Crippen molar-refractivity contribution in [2.45, 2.75) is 19.3 Å². The van der Waals surface area contributed by atoms with Crippen molar-refractivity contribution in [3.63, 3.8) is 0 Å². The number of nitrogens with zero attached hydrogens (tertiary/aromatic N) is 1. The van der Waals surface area contributed by atoms with Gasteiger partial charge in [0.15, 0.2) is 0 Å². The summed E-state index contributed by atoms with van der Waals surface area (Å²) in [6.45, 7) is 2.55. The molecule has 5 heteroatoms. The van der Waals surface area contributed by atoms with Crippen molar-refractivity contribution in [1.29, 1.82) is 0 Å². The van der Waals surface area contributed by atoms with Crippen LogP contribution in [0.5, 0.6) is 0 Å².